The molecule has 2 aromatic carbocycles. The highest BCUT2D eigenvalue weighted by molar-refractivity contribution is 6.08. The van der Waals surface area contributed by atoms with E-state index in [0.717, 1.165) is 11.1 Å². The van der Waals surface area contributed by atoms with Gasteiger partial charge >= 0.3 is 5.97 Å². The van der Waals surface area contributed by atoms with E-state index in [0.29, 0.717) is 17.1 Å². The molecule has 0 bridgehead atoms. The summed E-state index contributed by atoms with van der Waals surface area (Å²) in [6, 6.07) is 12.2. The number of allylic oxidation sites excluding steroid dienone is 1. The Bertz CT molecular complexity index is 760. The third-order valence-corrected chi connectivity index (χ3v) is 3.29. The first-order valence-electron chi connectivity index (χ1n) is 7.31. The topological polar surface area (TPSA) is 72.8 Å². The maximum atomic E-state index is 12.3. The number of carboxylic acids is 1. The summed E-state index contributed by atoms with van der Waals surface area (Å²) in [5.41, 5.74) is 2.32. The number of aryl methyl sites for hydroxylation is 1. The molecule has 0 aromatic heterocycles. The fourth-order valence-corrected chi connectivity index (χ4v) is 2.08. The molecule has 0 saturated carbocycles. The number of carbonyl (C=O) groups is 2. The third-order valence-electron chi connectivity index (χ3n) is 3.29. The van der Waals surface area contributed by atoms with Gasteiger partial charge in [-0.2, -0.15) is 0 Å². The van der Waals surface area contributed by atoms with Crippen LogP contribution in [0.25, 0.3) is 6.08 Å². The Morgan fingerprint density at radius 3 is 2.46 bits per heavy atom. The van der Waals surface area contributed by atoms with Gasteiger partial charge in [0.1, 0.15) is 11.5 Å². The predicted octanol–water partition coefficient (Wildman–Crippen LogP) is 3.36. The first-order valence-corrected chi connectivity index (χ1v) is 7.31. The number of benzene rings is 2. The summed E-state index contributed by atoms with van der Waals surface area (Å²) in [5, 5.41) is 8.56. The number of aliphatic carboxylic acids is 1. The Kier molecular flexibility index (Phi) is 5.73. The zero-order valence-electron chi connectivity index (χ0n) is 13.5. The van der Waals surface area contributed by atoms with Crippen molar-refractivity contribution in [3.05, 3.63) is 65.2 Å². The van der Waals surface area contributed by atoms with Crippen molar-refractivity contribution in [3.63, 3.8) is 0 Å². The molecule has 0 aliphatic rings. The second kappa shape index (κ2) is 7.97. The Balaban J connectivity index is 2.07. The summed E-state index contributed by atoms with van der Waals surface area (Å²) in [6.07, 6.45) is 3.16. The van der Waals surface area contributed by atoms with Gasteiger partial charge in [-0.3, -0.25) is 4.79 Å². The number of ketones is 1. The van der Waals surface area contributed by atoms with Crippen LogP contribution in [0.4, 0.5) is 0 Å². The van der Waals surface area contributed by atoms with Gasteiger partial charge in [-0.25, -0.2) is 4.79 Å². The van der Waals surface area contributed by atoms with Crippen LogP contribution in [0.1, 0.15) is 21.5 Å². The van der Waals surface area contributed by atoms with Crippen LogP contribution < -0.4 is 9.47 Å². The number of carbonyl (C=O) groups excluding carboxylic acids is 1. The van der Waals surface area contributed by atoms with Crippen molar-refractivity contribution in [2.45, 2.75) is 6.92 Å². The van der Waals surface area contributed by atoms with E-state index in [2.05, 4.69) is 0 Å². The number of hydrogen-bond donors (Lipinski definition) is 1. The summed E-state index contributed by atoms with van der Waals surface area (Å²) < 4.78 is 10.3. The Labute approximate surface area is 140 Å². The van der Waals surface area contributed by atoms with Crippen molar-refractivity contribution in [2.24, 2.45) is 0 Å². The van der Waals surface area contributed by atoms with Crippen LogP contribution in [0.3, 0.4) is 0 Å². The number of rotatable bonds is 7. The SMILES string of the molecule is COc1cc(C)ccc1C(=O)/C=C/c1ccc(OCC(=O)O)cc1. The minimum Gasteiger partial charge on any atom is -0.496 e. The summed E-state index contributed by atoms with van der Waals surface area (Å²) in [6.45, 7) is 1.54. The van der Waals surface area contributed by atoms with Crippen molar-refractivity contribution in [1.82, 2.24) is 0 Å². The number of carboxylic acid groups (broad SMARTS) is 1. The summed E-state index contributed by atoms with van der Waals surface area (Å²) in [7, 11) is 1.53. The Morgan fingerprint density at radius 1 is 1.12 bits per heavy atom. The average molecular weight is 326 g/mol. The fraction of sp³-hybridized carbons (Fsp3) is 0.158. The molecule has 0 radical (unpaired) electrons. The van der Waals surface area contributed by atoms with Crippen LogP contribution in [0.2, 0.25) is 0 Å². The van der Waals surface area contributed by atoms with Gasteiger partial charge in [0.25, 0.3) is 0 Å². The van der Waals surface area contributed by atoms with Crippen LogP contribution in [0.15, 0.2) is 48.5 Å². The van der Waals surface area contributed by atoms with Crippen LogP contribution in [-0.2, 0) is 4.79 Å². The number of methoxy groups -OCH3 is 1. The van der Waals surface area contributed by atoms with Crippen LogP contribution in [0, 0.1) is 6.92 Å². The lowest BCUT2D eigenvalue weighted by Crippen LogP contribution is -2.09. The molecule has 0 aliphatic carbocycles. The number of hydrogen-bond acceptors (Lipinski definition) is 4. The Morgan fingerprint density at radius 2 is 1.83 bits per heavy atom. The third kappa shape index (κ3) is 4.71. The van der Waals surface area contributed by atoms with Gasteiger partial charge < -0.3 is 14.6 Å². The molecule has 24 heavy (non-hydrogen) atoms. The minimum absolute atomic E-state index is 0.155. The van der Waals surface area contributed by atoms with Gasteiger partial charge in [0.05, 0.1) is 12.7 Å². The summed E-state index contributed by atoms with van der Waals surface area (Å²) in [5.74, 6) is -0.183. The smallest absolute Gasteiger partial charge is 0.341 e. The van der Waals surface area contributed by atoms with E-state index in [1.807, 2.05) is 19.1 Å². The highest BCUT2D eigenvalue weighted by Crippen LogP contribution is 2.21. The van der Waals surface area contributed by atoms with E-state index in [1.54, 1.807) is 36.4 Å². The maximum absolute atomic E-state index is 12.3. The highest BCUT2D eigenvalue weighted by Gasteiger charge is 2.09. The summed E-state index contributed by atoms with van der Waals surface area (Å²) >= 11 is 0. The first kappa shape index (κ1) is 17.3. The van der Waals surface area contributed by atoms with E-state index >= 15 is 0 Å². The lowest BCUT2D eigenvalue weighted by molar-refractivity contribution is -0.139. The average Bonchev–Trinajstić information content (AvgIpc) is 2.58. The minimum atomic E-state index is -1.03. The largest absolute Gasteiger partial charge is 0.496 e. The van der Waals surface area contributed by atoms with Gasteiger partial charge in [0.2, 0.25) is 0 Å². The molecule has 0 saturated heterocycles. The molecule has 2 rings (SSSR count). The molecular weight excluding hydrogens is 308 g/mol. The lowest BCUT2D eigenvalue weighted by Gasteiger charge is -2.06. The van der Waals surface area contributed by atoms with Gasteiger partial charge in [-0.15, -0.1) is 0 Å². The fourth-order valence-electron chi connectivity index (χ4n) is 2.08. The molecule has 0 heterocycles. The standard InChI is InChI=1S/C19H18O5/c1-13-3-9-16(18(11-13)23-2)17(20)10-6-14-4-7-15(8-5-14)24-12-19(21)22/h3-11H,12H2,1-2H3,(H,21,22)/b10-6+. The van der Waals surface area contributed by atoms with Crippen molar-refractivity contribution in [1.29, 1.82) is 0 Å². The normalized spacial score (nSPS) is 10.6. The molecule has 0 fully saturated rings. The van der Waals surface area contributed by atoms with E-state index in [9.17, 15) is 9.59 Å². The van der Waals surface area contributed by atoms with Gasteiger partial charge in [0.15, 0.2) is 12.4 Å². The monoisotopic (exact) mass is 326 g/mol. The molecular formula is C19H18O5. The van der Waals surface area contributed by atoms with Gasteiger partial charge in [-0.1, -0.05) is 24.3 Å². The molecule has 0 spiro atoms. The molecule has 5 nitrogen and oxygen atoms in total. The molecule has 1 N–H and O–H groups in total. The highest BCUT2D eigenvalue weighted by atomic mass is 16.5. The molecule has 0 aliphatic heterocycles. The van der Waals surface area contributed by atoms with Crippen LogP contribution >= 0.6 is 0 Å². The molecule has 0 unspecified atom stereocenters. The van der Waals surface area contributed by atoms with E-state index < -0.39 is 5.97 Å². The van der Waals surface area contributed by atoms with Crippen molar-refractivity contribution >= 4 is 17.8 Å². The van der Waals surface area contributed by atoms with Gasteiger partial charge in [-0.05, 0) is 48.4 Å². The van der Waals surface area contributed by atoms with Crippen molar-refractivity contribution < 1.29 is 24.2 Å². The molecule has 0 atom stereocenters. The predicted molar refractivity (Wildman–Crippen MR) is 90.7 cm³/mol. The first-order chi connectivity index (χ1) is 11.5. The number of ether oxygens (including phenoxy) is 2. The molecule has 0 amide bonds. The van der Waals surface area contributed by atoms with Crippen LogP contribution in [0.5, 0.6) is 11.5 Å². The van der Waals surface area contributed by atoms with Crippen LogP contribution in [-0.4, -0.2) is 30.6 Å². The summed E-state index contributed by atoms with van der Waals surface area (Å²) in [4.78, 5) is 22.7. The zero-order chi connectivity index (χ0) is 17.5. The second-order valence-corrected chi connectivity index (χ2v) is 5.15. The maximum Gasteiger partial charge on any atom is 0.341 e. The van der Waals surface area contributed by atoms with E-state index in [1.165, 1.54) is 13.2 Å². The second-order valence-electron chi connectivity index (χ2n) is 5.15. The van der Waals surface area contributed by atoms with Gasteiger partial charge in [0, 0.05) is 0 Å². The van der Waals surface area contributed by atoms with Crippen molar-refractivity contribution in [2.75, 3.05) is 13.7 Å². The quantitative estimate of drug-likeness (QED) is 0.624. The van der Waals surface area contributed by atoms with Crippen molar-refractivity contribution in [3.8, 4) is 11.5 Å². The molecule has 2 aromatic rings. The van der Waals surface area contributed by atoms with E-state index in [4.69, 9.17) is 14.6 Å². The zero-order valence-corrected chi connectivity index (χ0v) is 13.5. The molecule has 124 valence electrons. The lowest BCUT2D eigenvalue weighted by atomic mass is 10.1. The molecule has 5 heteroatoms. The Hall–Kier alpha value is -3.08. The van der Waals surface area contributed by atoms with E-state index in [-0.39, 0.29) is 12.4 Å².